The molecule has 0 fully saturated rings. The smallest absolute Gasteiger partial charge is 0.287 e. The van der Waals surface area contributed by atoms with Crippen LogP contribution in [0.1, 0.15) is 5.82 Å². The number of nitrogens with one attached hydrogen (secondary N) is 1. The van der Waals surface area contributed by atoms with Gasteiger partial charge in [0.1, 0.15) is 12.4 Å². The van der Waals surface area contributed by atoms with Gasteiger partial charge in [0, 0.05) is 12.3 Å². The summed E-state index contributed by atoms with van der Waals surface area (Å²) in [5.41, 5.74) is 0. The molecule has 1 aliphatic rings. The molecule has 2 rings (SSSR count). The molecule has 2 heterocycles. The summed E-state index contributed by atoms with van der Waals surface area (Å²) in [6.07, 6.45) is 6.76. The summed E-state index contributed by atoms with van der Waals surface area (Å²) in [5, 5.41) is 13.9. The monoisotopic (exact) mass is 137 g/mol. The third-order valence-corrected chi connectivity index (χ3v) is 1.51. The van der Waals surface area contributed by atoms with Crippen LogP contribution in [0.3, 0.4) is 0 Å². The van der Waals surface area contributed by atoms with E-state index in [0.29, 0.717) is 12.5 Å². The van der Waals surface area contributed by atoms with Gasteiger partial charge in [-0.2, -0.15) is 0 Å². The van der Waals surface area contributed by atoms with E-state index in [2.05, 4.69) is 5.32 Å². The lowest BCUT2D eigenvalue weighted by molar-refractivity contribution is -0.607. The van der Waals surface area contributed by atoms with Gasteiger partial charge in [-0.05, 0) is 0 Å². The van der Waals surface area contributed by atoms with Gasteiger partial charge in [0.2, 0.25) is 0 Å². The summed E-state index contributed by atoms with van der Waals surface area (Å²) >= 11 is 0. The van der Waals surface area contributed by atoms with Crippen molar-refractivity contribution in [1.82, 2.24) is 9.88 Å². The lowest BCUT2D eigenvalue weighted by Crippen LogP contribution is -2.31. The fraction of sp³-hybridized carbons (Fsp3) is 0.167. The van der Waals surface area contributed by atoms with E-state index >= 15 is 0 Å². The molecule has 0 bridgehead atoms. The SMILES string of the molecule is [O-][n+]1ccn2c1C=CNC2. The number of rotatable bonds is 0. The van der Waals surface area contributed by atoms with Crippen LogP contribution in [0.4, 0.5) is 0 Å². The van der Waals surface area contributed by atoms with Crippen LogP contribution in [0.5, 0.6) is 0 Å². The molecule has 0 radical (unpaired) electrons. The van der Waals surface area contributed by atoms with Crippen LogP contribution in [0.2, 0.25) is 0 Å². The van der Waals surface area contributed by atoms with Crippen molar-refractivity contribution < 1.29 is 4.73 Å². The largest absolute Gasteiger partial charge is 0.710 e. The van der Waals surface area contributed by atoms with E-state index in [4.69, 9.17) is 0 Å². The van der Waals surface area contributed by atoms with Gasteiger partial charge in [0.25, 0.3) is 5.82 Å². The van der Waals surface area contributed by atoms with Crippen molar-refractivity contribution in [3.8, 4) is 0 Å². The molecule has 1 aromatic heterocycles. The number of nitrogens with zero attached hydrogens (tertiary/aromatic N) is 2. The first-order valence-corrected chi connectivity index (χ1v) is 3.06. The first kappa shape index (κ1) is 5.34. The van der Waals surface area contributed by atoms with Crippen molar-refractivity contribution in [1.29, 1.82) is 0 Å². The van der Waals surface area contributed by atoms with E-state index < -0.39 is 0 Å². The Morgan fingerprint density at radius 3 is 3.40 bits per heavy atom. The van der Waals surface area contributed by atoms with Gasteiger partial charge < -0.3 is 10.5 Å². The summed E-state index contributed by atoms with van der Waals surface area (Å²) in [6, 6.07) is 0. The average Bonchev–Trinajstić information content (AvgIpc) is 2.34. The molecule has 1 aliphatic heterocycles. The molecule has 0 atom stereocenters. The van der Waals surface area contributed by atoms with Crippen molar-refractivity contribution >= 4 is 6.08 Å². The van der Waals surface area contributed by atoms with Crippen LogP contribution in [-0.4, -0.2) is 4.57 Å². The Kier molecular flexibility index (Phi) is 0.943. The summed E-state index contributed by atoms with van der Waals surface area (Å²) in [7, 11) is 0. The molecule has 52 valence electrons. The van der Waals surface area contributed by atoms with Gasteiger partial charge in [-0.15, -0.1) is 0 Å². The molecular weight excluding hydrogens is 130 g/mol. The van der Waals surface area contributed by atoms with Crippen LogP contribution in [-0.2, 0) is 6.67 Å². The lowest BCUT2D eigenvalue weighted by atomic mass is 10.5. The van der Waals surface area contributed by atoms with Gasteiger partial charge in [-0.3, -0.25) is 0 Å². The second-order valence-corrected chi connectivity index (χ2v) is 2.15. The minimum Gasteiger partial charge on any atom is -0.710 e. The highest BCUT2D eigenvalue weighted by Gasteiger charge is 2.10. The van der Waals surface area contributed by atoms with Crippen molar-refractivity contribution in [2.45, 2.75) is 6.67 Å². The Morgan fingerprint density at radius 2 is 2.60 bits per heavy atom. The maximum Gasteiger partial charge on any atom is 0.287 e. The van der Waals surface area contributed by atoms with E-state index in [0.717, 1.165) is 4.73 Å². The van der Waals surface area contributed by atoms with Crippen LogP contribution >= 0.6 is 0 Å². The fourth-order valence-corrected chi connectivity index (χ4v) is 1.01. The molecule has 4 heteroatoms. The first-order valence-electron chi connectivity index (χ1n) is 3.06. The molecule has 4 nitrogen and oxygen atoms in total. The Balaban J connectivity index is 2.57. The highest BCUT2D eigenvalue weighted by molar-refractivity contribution is 5.38. The van der Waals surface area contributed by atoms with Crippen molar-refractivity contribution in [2.75, 3.05) is 0 Å². The third-order valence-electron chi connectivity index (χ3n) is 1.51. The van der Waals surface area contributed by atoms with Gasteiger partial charge >= 0.3 is 0 Å². The van der Waals surface area contributed by atoms with E-state index in [1.807, 2.05) is 4.57 Å². The highest BCUT2D eigenvalue weighted by Crippen LogP contribution is 1.99. The maximum atomic E-state index is 10.9. The quantitative estimate of drug-likeness (QED) is 0.392. The summed E-state index contributed by atoms with van der Waals surface area (Å²) < 4.78 is 2.68. The van der Waals surface area contributed by atoms with Crippen LogP contribution in [0, 0.1) is 5.21 Å². The highest BCUT2D eigenvalue weighted by atomic mass is 16.5. The zero-order valence-electron chi connectivity index (χ0n) is 5.32. The van der Waals surface area contributed by atoms with E-state index in [-0.39, 0.29) is 0 Å². The van der Waals surface area contributed by atoms with Crippen molar-refractivity contribution in [3.05, 3.63) is 29.6 Å². The zero-order chi connectivity index (χ0) is 6.97. The predicted molar refractivity (Wildman–Crippen MR) is 35.6 cm³/mol. The minimum atomic E-state index is 0.679. The fourth-order valence-electron chi connectivity index (χ4n) is 1.01. The standard InChI is InChI=1S/C6H7N3O/c10-9-4-3-8-5-7-2-1-6(8)9/h1-4,7H,5H2. The topological polar surface area (TPSA) is 43.9 Å². The molecule has 0 unspecified atom stereocenters. The predicted octanol–water partition coefficient (Wildman–Crippen LogP) is -0.347. The molecule has 0 saturated carbocycles. The molecule has 1 N–H and O–H groups in total. The maximum absolute atomic E-state index is 10.9. The summed E-state index contributed by atoms with van der Waals surface area (Å²) in [5.74, 6) is 0.679. The van der Waals surface area contributed by atoms with Crippen molar-refractivity contribution in [2.24, 2.45) is 0 Å². The Bertz CT molecular complexity index is 277. The number of hydrogen-bond donors (Lipinski definition) is 1. The first-order chi connectivity index (χ1) is 4.88. The Morgan fingerprint density at radius 1 is 1.70 bits per heavy atom. The van der Waals surface area contributed by atoms with Gasteiger partial charge in [-0.25, -0.2) is 9.30 Å². The van der Waals surface area contributed by atoms with Gasteiger partial charge in [-0.1, -0.05) is 0 Å². The molecule has 0 saturated heterocycles. The van der Waals surface area contributed by atoms with Crippen molar-refractivity contribution in [3.63, 3.8) is 0 Å². The third kappa shape index (κ3) is 0.586. The molecular formula is C6H7N3O. The molecule has 0 spiro atoms. The summed E-state index contributed by atoms with van der Waals surface area (Å²) in [4.78, 5) is 0. The molecule has 0 amide bonds. The molecule has 0 aromatic carbocycles. The molecule has 1 aromatic rings. The van der Waals surface area contributed by atoms with E-state index in [9.17, 15) is 5.21 Å². The second kappa shape index (κ2) is 1.76. The number of imidazole rings is 1. The van der Waals surface area contributed by atoms with E-state index in [1.54, 1.807) is 18.5 Å². The van der Waals surface area contributed by atoms with E-state index in [1.165, 1.54) is 6.20 Å². The molecule has 0 aliphatic carbocycles. The van der Waals surface area contributed by atoms with Gasteiger partial charge in [0.05, 0.1) is 0 Å². The lowest BCUT2D eigenvalue weighted by Gasteiger charge is -2.06. The zero-order valence-corrected chi connectivity index (χ0v) is 5.32. The van der Waals surface area contributed by atoms with Crippen LogP contribution < -0.4 is 10.0 Å². The van der Waals surface area contributed by atoms with Crippen LogP contribution in [0.25, 0.3) is 6.08 Å². The average molecular weight is 137 g/mol. The molecule has 10 heavy (non-hydrogen) atoms. The minimum absolute atomic E-state index is 0.679. The summed E-state index contributed by atoms with van der Waals surface area (Å²) in [6.45, 7) is 0.682. The van der Waals surface area contributed by atoms with Gasteiger partial charge in [0.15, 0.2) is 6.67 Å². The number of aromatic nitrogens is 2. The Hall–Kier alpha value is -1.45. The number of hydrogen-bond acceptors (Lipinski definition) is 2. The van der Waals surface area contributed by atoms with Crippen LogP contribution in [0.15, 0.2) is 18.6 Å². The number of fused-ring (bicyclic) bond motifs is 1. The second-order valence-electron chi connectivity index (χ2n) is 2.15. The Labute approximate surface area is 58.0 Å². The normalized spacial score (nSPS) is 14.4.